The highest BCUT2D eigenvalue weighted by atomic mass is 16.5. The average molecular weight is 165 g/mol. The van der Waals surface area contributed by atoms with Crippen molar-refractivity contribution in [1.82, 2.24) is 5.32 Å². The first-order chi connectivity index (χ1) is 5.83. The molecule has 0 spiro atoms. The molecule has 1 N–H and O–H groups in total. The molecule has 1 atom stereocenters. The second kappa shape index (κ2) is 4.78. The number of hydrogen-bond acceptors (Lipinski definition) is 2. The monoisotopic (exact) mass is 165 g/mol. The molecule has 1 aromatic rings. The van der Waals surface area contributed by atoms with E-state index in [1.54, 1.807) is 0 Å². The van der Waals surface area contributed by atoms with Gasteiger partial charge in [-0.3, -0.25) is 0 Å². The Balaban J connectivity index is 2.41. The Hall–Kier alpha value is -1.02. The fourth-order valence-electron chi connectivity index (χ4n) is 1.06. The largest absolute Gasteiger partial charge is 0.489 e. The number of likely N-dealkylation sites (N-methyl/N-ethyl adjacent to an activating group) is 1. The third-order valence-electron chi connectivity index (χ3n) is 1.57. The highest BCUT2D eigenvalue weighted by molar-refractivity contribution is 5.21. The summed E-state index contributed by atoms with van der Waals surface area (Å²) in [7, 11) is 1.92. The lowest BCUT2D eigenvalue weighted by Gasteiger charge is -2.13. The van der Waals surface area contributed by atoms with Gasteiger partial charge in [0, 0.05) is 6.54 Å². The third kappa shape index (κ3) is 2.93. The molecular weight excluding hydrogens is 150 g/mol. The Kier molecular flexibility index (Phi) is 3.61. The zero-order chi connectivity index (χ0) is 8.81. The van der Waals surface area contributed by atoms with Gasteiger partial charge in [0.15, 0.2) is 0 Å². The van der Waals surface area contributed by atoms with Crippen LogP contribution in [0.5, 0.6) is 5.75 Å². The van der Waals surface area contributed by atoms with Crippen LogP contribution in [-0.4, -0.2) is 19.7 Å². The molecule has 0 heterocycles. The Morgan fingerprint density at radius 3 is 2.58 bits per heavy atom. The van der Waals surface area contributed by atoms with E-state index < -0.39 is 0 Å². The van der Waals surface area contributed by atoms with Crippen LogP contribution in [0.1, 0.15) is 6.92 Å². The van der Waals surface area contributed by atoms with Crippen molar-refractivity contribution in [3.05, 3.63) is 30.3 Å². The van der Waals surface area contributed by atoms with Crippen molar-refractivity contribution in [3.63, 3.8) is 0 Å². The first-order valence-corrected chi connectivity index (χ1v) is 4.19. The van der Waals surface area contributed by atoms with Gasteiger partial charge in [0.2, 0.25) is 0 Å². The van der Waals surface area contributed by atoms with Gasteiger partial charge in [0.05, 0.1) is 0 Å². The van der Waals surface area contributed by atoms with E-state index in [2.05, 4.69) is 5.32 Å². The Morgan fingerprint density at radius 1 is 1.33 bits per heavy atom. The Bertz CT molecular complexity index is 210. The van der Waals surface area contributed by atoms with Crippen LogP contribution in [0, 0.1) is 0 Å². The maximum atomic E-state index is 5.59. The fraction of sp³-hybridized carbons (Fsp3) is 0.400. The summed E-state index contributed by atoms with van der Waals surface area (Å²) >= 11 is 0. The van der Waals surface area contributed by atoms with Crippen molar-refractivity contribution in [2.75, 3.05) is 13.6 Å². The van der Waals surface area contributed by atoms with Crippen LogP contribution < -0.4 is 10.1 Å². The number of benzene rings is 1. The van der Waals surface area contributed by atoms with E-state index in [1.165, 1.54) is 0 Å². The average Bonchev–Trinajstić information content (AvgIpc) is 2.06. The number of para-hydroxylation sites is 1. The summed E-state index contributed by atoms with van der Waals surface area (Å²) in [5.41, 5.74) is 0. The van der Waals surface area contributed by atoms with Crippen molar-refractivity contribution in [3.8, 4) is 5.75 Å². The normalized spacial score (nSPS) is 12.5. The van der Waals surface area contributed by atoms with E-state index in [1.807, 2.05) is 44.3 Å². The smallest absolute Gasteiger partial charge is 0.119 e. The minimum Gasteiger partial charge on any atom is -0.489 e. The second-order valence-electron chi connectivity index (χ2n) is 2.80. The van der Waals surface area contributed by atoms with Crippen molar-refractivity contribution >= 4 is 0 Å². The molecule has 0 radical (unpaired) electrons. The number of ether oxygens (including phenoxy) is 1. The summed E-state index contributed by atoms with van der Waals surface area (Å²) in [5.74, 6) is 0.931. The molecule has 12 heavy (non-hydrogen) atoms. The molecule has 1 unspecified atom stereocenters. The Morgan fingerprint density at radius 2 is 2.00 bits per heavy atom. The maximum Gasteiger partial charge on any atom is 0.119 e. The van der Waals surface area contributed by atoms with Gasteiger partial charge >= 0.3 is 0 Å². The van der Waals surface area contributed by atoms with Gasteiger partial charge in [-0.05, 0) is 26.1 Å². The number of nitrogens with one attached hydrogen (secondary N) is 1. The molecule has 0 saturated heterocycles. The topological polar surface area (TPSA) is 21.3 Å². The molecule has 0 saturated carbocycles. The SMILES string of the molecule is CNCC(C)Oc1ccccc1. The van der Waals surface area contributed by atoms with Crippen LogP contribution in [-0.2, 0) is 0 Å². The van der Waals surface area contributed by atoms with Crippen LogP contribution in [0.4, 0.5) is 0 Å². The zero-order valence-corrected chi connectivity index (χ0v) is 7.58. The van der Waals surface area contributed by atoms with E-state index in [-0.39, 0.29) is 6.10 Å². The summed E-state index contributed by atoms with van der Waals surface area (Å²) in [6, 6.07) is 9.86. The molecule has 0 amide bonds. The van der Waals surface area contributed by atoms with Gasteiger partial charge in [-0.1, -0.05) is 18.2 Å². The van der Waals surface area contributed by atoms with Crippen LogP contribution in [0.25, 0.3) is 0 Å². The third-order valence-corrected chi connectivity index (χ3v) is 1.57. The van der Waals surface area contributed by atoms with E-state index in [4.69, 9.17) is 4.74 Å². The van der Waals surface area contributed by atoms with E-state index >= 15 is 0 Å². The minimum absolute atomic E-state index is 0.220. The molecule has 0 aromatic heterocycles. The van der Waals surface area contributed by atoms with Crippen LogP contribution in [0.2, 0.25) is 0 Å². The predicted molar refractivity (Wildman–Crippen MR) is 50.5 cm³/mol. The summed E-state index contributed by atoms with van der Waals surface area (Å²) < 4.78 is 5.59. The van der Waals surface area contributed by atoms with Gasteiger partial charge in [-0.25, -0.2) is 0 Å². The van der Waals surface area contributed by atoms with Crippen molar-refractivity contribution in [2.24, 2.45) is 0 Å². The molecule has 0 fully saturated rings. The van der Waals surface area contributed by atoms with Gasteiger partial charge in [0.25, 0.3) is 0 Å². The molecular formula is C10H15NO. The van der Waals surface area contributed by atoms with Crippen molar-refractivity contribution in [1.29, 1.82) is 0 Å². The molecule has 0 aliphatic heterocycles. The molecule has 1 rings (SSSR count). The van der Waals surface area contributed by atoms with Crippen molar-refractivity contribution < 1.29 is 4.74 Å². The van der Waals surface area contributed by atoms with E-state index in [9.17, 15) is 0 Å². The van der Waals surface area contributed by atoms with Crippen LogP contribution in [0.3, 0.4) is 0 Å². The summed E-state index contributed by atoms with van der Waals surface area (Å²) in [5, 5.41) is 3.06. The first-order valence-electron chi connectivity index (χ1n) is 4.19. The molecule has 0 bridgehead atoms. The fourth-order valence-corrected chi connectivity index (χ4v) is 1.06. The maximum absolute atomic E-state index is 5.59. The van der Waals surface area contributed by atoms with Crippen LogP contribution >= 0.6 is 0 Å². The molecule has 0 aliphatic rings. The lowest BCUT2D eigenvalue weighted by molar-refractivity contribution is 0.220. The van der Waals surface area contributed by atoms with Gasteiger partial charge in [0.1, 0.15) is 11.9 Å². The standard InChI is InChI=1S/C10H15NO/c1-9(8-11-2)12-10-6-4-3-5-7-10/h3-7,9,11H,8H2,1-2H3. The Labute approximate surface area is 73.6 Å². The lowest BCUT2D eigenvalue weighted by atomic mass is 10.3. The summed E-state index contributed by atoms with van der Waals surface area (Å²) in [6.45, 7) is 2.92. The molecule has 66 valence electrons. The van der Waals surface area contributed by atoms with Gasteiger partial charge < -0.3 is 10.1 Å². The highest BCUT2D eigenvalue weighted by Crippen LogP contribution is 2.09. The van der Waals surface area contributed by atoms with E-state index in [0.717, 1.165) is 12.3 Å². The highest BCUT2D eigenvalue weighted by Gasteiger charge is 2.00. The molecule has 2 nitrogen and oxygen atoms in total. The number of hydrogen-bond donors (Lipinski definition) is 1. The minimum atomic E-state index is 0.220. The molecule has 2 heteroatoms. The lowest BCUT2D eigenvalue weighted by Crippen LogP contribution is -2.25. The van der Waals surface area contributed by atoms with Crippen molar-refractivity contribution in [2.45, 2.75) is 13.0 Å². The van der Waals surface area contributed by atoms with Gasteiger partial charge in [-0.15, -0.1) is 0 Å². The summed E-state index contributed by atoms with van der Waals surface area (Å²) in [4.78, 5) is 0. The van der Waals surface area contributed by atoms with Crippen LogP contribution in [0.15, 0.2) is 30.3 Å². The summed E-state index contributed by atoms with van der Waals surface area (Å²) in [6.07, 6.45) is 0.220. The second-order valence-corrected chi connectivity index (χ2v) is 2.80. The quantitative estimate of drug-likeness (QED) is 0.732. The number of rotatable bonds is 4. The van der Waals surface area contributed by atoms with Gasteiger partial charge in [-0.2, -0.15) is 0 Å². The van der Waals surface area contributed by atoms with E-state index in [0.29, 0.717) is 0 Å². The zero-order valence-electron chi connectivity index (χ0n) is 7.58. The molecule has 1 aromatic carbocycles. The first kappa shape index (κ1) is 9.07. The predicted octanol–water partition coefficient (Wildman–Crippen LogP) is 1.67. The molecule has 0 aliphatic carbocycles.